The Hall–Kier alpha value is -1.31. The lowest BCUT2D eigenvalue weighted by Gasteiger charge is -2.21. The van der Waals surface area contributed by atoms with Gasteiger partial charge in [-0.05, 0) is 38.0 Å². The fraction of sp³-hybridized carbons (Fsp3) is 0.462. The van der Waals surface area contributed by atoms with Crippen LogP contribution in [0.15, 0.2) is 18.2 Å². The summed E-state index contributed by atoms with van der Waals surface area (Å²) in [4.78, 5) is 13.9. The monoisotopic (exact) mass is 203 g/mol. The quantitative estimate of drug-likeness (QED) is 0.752. The highest BCUT2D eigenvalue weighted by Crippen LogP contribution is 2.26. The molecule has 1 aromatic rings. The molecule has 0 saturated carbocycles. The summed E-state index contributed by atoms with van der Waals surface area (Å²) >= 11 is 0. The summed E-state index contributed by atoms with van der Waals surface area (Å²) in [6, 6.07) is 6.29. The van der Waals surface area contributed by atoms with Crippen molar-refractivity contribution in [2.24, 2.45) is 0 Å². The van der Waals surface area contributed by atoms with Gasteiger partial charge in [0.1, 0.15) is 0 Å². The van der Waals surface area contributed by atoms with Crippen LogP contribution in [0.25, 0.3) is 0 Å². The first kappa shape index (κ1) is 10.2. The number of nitrogens with zero attached hydrogens (tertiary/aromatic N) is 1. The molecular formula is C13H17NO. The van der Waals surface area contributed by atoms with Crippen LogP contribution in [0.1, 0.15) is 36.2 Å². The molecule has 80 valence electrons. The molecule has 0 aromatic heterocycles. The maximum absolute atomic E-state index is 11.6. The van der Waals surface area contributed by atoms with Crippen LogP contribution < -0.4 is 4.90 Å². The minimum absolute atomic E-state index is 0.305. The maximum atomic E-state index is 11.6. The van der Waals surface area contributed by atoms with Gasteiger partial charge in [0, 0.05) is 30.8 Å². The van der Waals surface area contributed by atoms with Crippen LogP contribution >= 0.6 is 0 Å². The van der Waals surface area contributed by atoms with Crippen molar-refractivity contribution in [3.8, 4) is 0 Å². The molecule has 0 unspecified atom stereocenters. The molecule has 1 aliphatic rings. The fourth-order valence-corrected chi connectivity index (χ4v) is 2.21. The first-order valence-electron chi connectivity index (χ1n) is 5.67. The molecule has 0 bridgehead atoms. The van der Waals surface area contributed by atoms with Gasteiger partial charge in [0.15, 0.2) is 5.78 Å². The van der Waals surface area contributed by atoms with Crippen LogP contribution in [0.3, 0.4) is 0 Å². The molecule has 0 atom stereocenters. The summed E-state index contributed by atoms with van der Waals surface area (Å²) in [6.07, 6.45) is 1.61. The van der Waals surface area contributed by atoms with E-state index in [1.807, 2.05) is 0 Å². The second kappa shape index (κ2) is 4.05. The Labute approximate surface area is 90.9 Å². The molecule has 0 aliphatic heterocycles. The molecule has 15 heavy (non-hydrogen) atoms. The van der Waals surface area contributed by atoms with Gasteiger partial charge in [-0.3, -0.25) is 4.79 Å². The lowest BCUT2D eigenvalue weighted by atomic mass is 10.1. The van der Waals surface area contributed by atoms with E-state index in [9.17, 15) is 4.79 Å². The van der Waals surface area contributed by atoms with E-state index in [0.717, 1.165) is 25.1 Å². The van der Waals surface area contributed by atoms with E-state index in [1.54, 1.807) is 0 Å². The summed E-state index contributed by atoms with van der Waals surface area (Å²) in [5.74, 6) is 0.305. The van der Waals surface area contributed by atoms with Crippen LogP contribution in [-0.4, -0.2) is 18.9 Å². The van der Waals surface area contributed by atoms with Crippen molar-refractivity contribution < 1.29 is 4.79 Å². The highest BCUT2D eigenvalue weighted by atomic mass is 16.1. The van der Waals surface area contributed by atoms with E-state index >= 15 is 0 Å². The summed E-state index contributed by atoms with van der Waals surface area (Å²) < 4.78 is 0. The molecule has 1 aliphatic carbocycles. The predicted octanol–water partition coefficient (Wildman–Crippen LogP) is 2.66. The predicted molar refractivity (Wildman–Crippen MR) is 62.7 cm³/mol. The second-order valence-electron chi connectivity index (χ2n) is 3.94. The Morgan fingerprint density at radius 3 is 2.60 bits per heavy atom. The van der Waals surface area contributed by atoms with Crippen LogP contribution in [0, 0.1) is 0 Å². The molecule has 1 aromatic carbocycles. The number of aryl methyl sites for hydroxylation is 1. The smallest absolute Gasteiger partial charge is 0.163 e. The molecule has 2 nitrogen and oxygen atoms in total. The van der Waals surface area contributed by atoms with Crippen molar-refractivity contribution in [3.63, 3.8) is 0 Å². The minimum Gasteiger partial charge on any atom is -0.372 e. The van der Waals surface area contributed by atoms with Gasteiger partial charge in [0.05, 0.1) is 0 Å². The van der Waals surface area contributed by atoms with Crippen molar-refractivity contribution in [1.82, 2.24) is 0 Å². The maximum Gasteiger partial charge on any atom is 0.163 e. The van der Waals surface area contributed by atoms with Crippen LogP contribution in [0.5, 0.6) is 0 Å². The highest BCUT2D eigenvalue weighted by Gasteiger charge is 2.19. The van der Waals surface area contributed by atoms with Crippen molar-refractivity contribution in [2.45, 2.75) is 26.7 Å². The number of hydrogen-bond donors (Lipinski definition) is 0. The van der Waals surface area contributed by atoms with E-state index in [1.165, 1.54) is 11.3 Å². The van der Waals surface area contributed by atoms with Gasteiger partial charge in [-0.15, -0.1) is 0 Å². The molecular weight excluding hydrogens is 186 g/mol. The molecule has 0 fully saturated rings. The zero-order valence-electron chi connectivity index (χ0n) is 9.42. The topological polar surface area (TPSA) is 20.3 Å². The van der Waals surface area contributed by atoms with Crippen molar-refractivity contribution >= 4 is 11.5 Å². The van der Waals surface area contributed by atoms with Gasteiger partial charge >= 0.3 is 0 Å². The third-order valence-corrected chi connectivity index (χ3v) is 3.14. The van der Waals surface area contributed by atoms with Crippen LogP contribution in [0.2, 0.25) is 0 Å². The highest BCUT2D eigenvalue weighted by molar-refractivity contribution is 6.01. The van der Waals surface area contributed by atoms with E-state index < -0.39 is 0 Å². The number of ketones is 1. The first-order chi connectivity index (χ1) is 7.26. The summed E-state index contributed by atoms with van der Waals surface area (Å²) in [5, 5.41) is 0. The zero-order chi connectivity index (χ0) is 10.8. The summed E-state index contributed by atoms with van der Waals surface area (Å²) in [5.41, 5.74) is 3.34. The lowest BCUT2D eigenvalue weighted by Crippen LogP contribution is -2.21. The Bertz CT molecular complexity index is 380. The minimum atomic E-state index is 0.305. The van der Waals surface area contributed by atoms with E-state index in [0.29, 0.717) is 12.2 Å². The van der Waals surface area contributed by atoms with Crippen LogP contribution in [-0.2, 0) is 6.42 Å². The molecule has 0 amide bonds. The van der Waals surface area contributed by atoms with Gasteiger partial charge in [-0.1, -0.05) is 6.07 Å². The van der Waals surface area contributed by atoms with Gasteiger partial charge in [0.25, 0.3) is 0 Å². The van der Waals surface area contributed by atoms with Crippen molar-refractivity contribution in [1.29, 1.82) is 0 Å². The number of carbonyl (C=O) groups is 1. The first-order valence-corrected chi connectivity index (χ1v) is 5.67. The van der Waals surface area contributed by atoms with E-state index in [4.69, 9.17) is 0 Å². The lowest BCUT2D eigenvalue weighted by molar-refractivity contribution is 0.0994. The molecule has 2 heteroatoms. The molecule has 0 spiro atoms. The van der Waals surface area contributed by atoms with Crippen LogP contribution in [0.4, 0.5) is 5.69 Å². The van der Waals surface area contributed by atoms with Gasteiger partial charge in [-0.2, -0.15) is 0 Å². The van der Waals surface area contributed by atoms with Crippen molar-refractivity contribution in [2.75, 3.05) is 18.0 Å². The van der Waals surface area contributed by atoms with Gasteiger partial charge in [-0.25, -0.2) is 0 Å². The SMILES string of the molecule is CCN(CC)c1ccc2c(c1)C(=O)CC2. The molecule has 0 heterocycles. The Kier molecular flexibility index (Phi) is 2.76. The number of carbonyl (C=O) groups excluding carboxylic acids is 1. The number of rotatable bonds is 3. The second-order valence-corrected chi connectivity index (χ2v) is 3.94. The molecule has 0 N–H and O–H groups in total. The third-order valence-electron chi connectivity index (χ3n) is 3.14. The number of anilines is 1. The largest absolute Gasteiger partial charge is 0.372 e. The average Bonchev–Trinajstić information content (AvgIpc) is 2.62. The zero-order valence-corrected chi connectivity index (χ0v) is 9.42. The van der Waals surface area contributed by atoms with E-state index in [2.05, 4.69) is 36.9 Å². The third kappa shape index (κ3) is 1.76. The fourth-order valence-electron chi connectivity index (χ4n) is 2.21. The van der Waals surface area contributed by atoms with E-state index in [-0.39, 0.29) is 0 Å². The Morgan fingerprint density at radius 2 is 1.93 bits per heavy atom. The normalized spacial score (nSPS) is 14.1. The Morgan fingerprint density at radius 1 is 1.20 bits per heavy atom. The Balaban J connectivity index is 2.36. The molecule has 0 saturated heterocycles. The average molecular weight is 203 g/mol. The molecule has 0 radical (unpaired) electrons. The summed E-state index contributed by atoms with van der Waals surface area (Å²) in [7, 11) is 0. The van der Waals surface area contributed by atoms with Gasteiger partial charge < -0.3 is 4.90 Å². The standard InChI is InChI=1S/C13H17NO/c1-3-14(4-2)11-7-5-10-6-8-13(15)12(10)9-11/h5,7,9H,3-4,6,8H2,1-2H3. The number of fused-ring (bicyclic) bond motifs is 1. The summed E-state index contributed by atoms with van der Waals surface area (Å²) in [6.45, 7) is 6.25. The van der Waals surface area contributed by atoms with Gasteiger partial charge in [0.2, 0.25) is 0 Å². The molecule has 2 rings (SSSR count). The van der Waals surface area contributed by atoms with Crippen molar-refractivity contribution in [3.05, 3.63) is 29.3 Å². The number of hydrogen-bond acceptors (Lipinski definition) is 2. The number of benzene rings is 1. The number of Topliss-reactive ketones (excluding diaryl/α,β-unsaturated/α-hetero) is 1.